The minimum atomic E-state index is 0.362. The van der Waals surface area contributed by atoms with Gasteiger partial charge in [0.1, 0.15) is 11.4 Å². The van der Waals surface area contributed by atoms with Gasteiger partial charge in [-0.1, -0.05) is 66.2 Å². The molecule has 1 atom stereocenters. The molecule has 0 bridgehead atoms. The lowest BCUT2D eigenvalue weighted by molar-refractivity contribution is 0.386. The van der Waals surface area contributed by atoms with Crippen molar-refractivity contribution >= 4 is 35.2 Å². The maximum Gasteiger partial charge on any atom is 0.237 e. The van der Waals surface area contributed by atoms with Crippen LogP contribution >= 0.6 is 35.2 Å². The van der Waals surface area contributed by atoms with E-state index in [1.54, 1.807) is 26.6 Å². The van der Waals surface area contributed by atoms with E-state index in [9.17, 15) is 0 Å². The monoisotopic (exact) mass is 667 g/mol. The first-order valence-corrected chi connectivity index (χ1v) is 16.1. The molecule has 1 saturated heterocycles. The maximum absolute atomic E-state index is 8.93. The van der Waals surface area contributed by atoms with Crippen LogP contribution in [0, 0.1) is 0 Å². The first-order valence-electron chi connectivity index (χ1n) is 14.4. The number of halogens is 2. The summed E-state index contributed by atoms with van der Waals surface area (Å²) in [7, 11) is 3.14. The third kappa shape index (κ3) is 7.86. The van der Waals surface area contributed by atoms with E-state index < -0.39 is 0 Å². The van der Waals surface area contributed by atoms with Crippen LogP contribution < -0.4 is 25.4 Å². The second kappa shape index (κ2) is 15.7. The van der Waals surface area contributed by atoms with E-state index in [2.05, 4.69) is 37.5 Å². The molecule has 2 aromatic heterocycles. The van der Waals surface area contributed by atoms with E-state index in [-0.39, 0.29) is 0 Å². The second-order valence-corrected chi connectivity index (χ2v) is 11.8. The van der Waals surface area contributed by atoms with E-state index in [1.165, 1.54) is 0 Å². The molecule has 0 amide bonds. The fourth-order valence-corrected chi connectivity index (χ4v) is 6.01. The SMILES string of the molecule is C=C1CC[C@@H](CNCc2ncc(-c3cccc(-c4cccc(-c5cnc(CNCCSO)c(OC)n5)c4Cl)c3Cl)nc2OC)N1. The fraction of sp³-hybridized carbons (Fsp3) is 0.312. The highest BCUT2D eigenvalue weighted by atomic mass is 35.5. The van der Waals surface area contributed by atoms with Crippen LogP contribution in [-0.2, 0) is 13.1 Å². The van der Waals surface area contributed by atoms with Crippen molar-refractivity contribution in [2.24, 2.45) is 0 Å². The van der Waals surface area contributed by atoms with Crippen molar-refractivity contribution < 1.29 is 14.0 Å². The molecule has 3 heterocycles. The molecule has 4 aromatic rings. The predicted molar refractivity (Wildman–Crippen MR) is 181 cm³/mol. The number of aromatic nitrogens is 4. The van der Waals surface area contributed by atoms with E-state index in [0.29, 0.717) is 87.1 Å². The van der Waals surface area contributed by atoms with Crippen LogP contribution in [0.15, 0.2) is 61.1 Å². The van der Waals surface area contributed by atoms with Crippen LogP contribution in [0.5, 0.6) is 11.8 Å². The highest BCUT2D eigenvalue weighted by Gasteiger charge is 2.20. The largest absolute Gasteiger partial charge is 0.480 e. The Morgan fingerprint density at radius 2 is 1.42 bits per heavy atom. The van der Waals surface area contributed by atoms with Crippen LogP contribution in [-0.4, -0.2) is 63.6 Å². The van der Waals surface area contributed by atoms with Gasteiger partial charge in [-0.3, -0.25) is 9.97 Å². The van der Waals surface area contributed by atoms with Gasteiger partial charge in [-0.15, -0.1) is 0 Å². The van der Waals surface area contributed by atoms with E-state index in [0.717, 1.165) is 48.3 Å². The summed E-state index contributed by atoms with van der Waals surface area (Å²) in [6.07, 6.45) is 5.44. The van der Waals surface area contributed by atoms with Crippen LogP contribution in [0.4, 0.5) is 0 Å². The molecule has 1 fully saturated rings. The summed E-state index contributed by atoms with van der Waals surface area (Å²) in [4.78, 5) is 18.6. The molecule has 4 N–H and O–H groups in total. The number of nitrogens with zero attached hydrogens (tertiary/aromatic N) is 4. The lowest BCUT2D eigenvalue weighted by atomic mass is 9.98. The van der Waals surface area contributed by atoms with Gasteiger partial charge in [0.2, 0.25) is 11.8 Å². The lowest BCUT2D eigenvalue weighted by Crippen LogP contribution is -2.33. The van der Waals surface area contributed by atoms with Crippen molar-refractivity contribution in [1.82, 2.24) is 35.9 Å². The fourth-order valence-electron chi connectivity index (χ4n) is 5.12. The number of nitrogens with one attached hydrogen (secondary N) is 3. The number of methoxy groups -OCH3 is 2. The minimum absolute atomic E-state index is 0.362. The summed E-state index contributed by atoms with van der Waals surface area (Å²) < 4.78 is 20.0. The topological polar surface area (TPSA) is 126 Å². The number of hydrogen-bond acceptors (Lipinski definition) is 11. The molecule has 0 aliphatic carbocycles. The quantitative estimate of drug-likeness (QED) is 0.0901. The van der Waals surface area contributed by atoms with Crippen molar-refractivity contribution in [1.29, 1.82) is 0 Å². The van der Waals surface area contributed by atoms with E-state index in [4.69, 9.17) is 42.2 Å². The summed E-state index contributed by atoms with van der Waals surface area (Å²) in [6.45, 7) is 6.38. The molecule has 45 heavy (non-hydrogen) atoms. The standard InChI is InChI=1S/C32H35Cl2N7O3S/c1-19-10-11-20(39-19)14-36-16-28-32(44-3)41-26(18-38-28)24-9-5-7-22(30(24)34)21-6-4-8-23(29(21)33)25-17-37-27(31(40-25)43-2)15-35-12-13-45-42/h4-9,17-18,20,35-36,39,42H,1,10-16H2,2-3H3/t20-/m0/s1. The van der Waals surface area contributed by atoms with Crippen LogP contribution in [0.2, 0.25) is 10.0 Å². The molecule has 13 heteroatoms. The molecule has 0 unspecified atom stereocenters. The molecular formula is C32H35Cl2N7O3S. The zero-order chi connectivity index (χ0) is 31.8. The molecule has 10 nitrogen and oxygen atoms in total. The Hall–Kier alpha value is -3.45. The minimum Gasteiger partial charge on any atom is -0.480 e. The third-order valence-corrected chi connectivity index (χ3v) is 8.60. The van der Waals surface area contributed by atoms with Crippen molar-refractivity contribution in [2.75, 3.05) is 33.1 Å². The molecule has 236 valence electrons. The Balaban J connectivity index is 1.38. The Morgan fingerprint density at radius 3 is 1.91 bits per heavy atom. The summed E-state index contributed by atoms with van der Waals surface area (Å²) in [5, 5.41) is 11.0. The molecular weight excluding hydrogens is 633 g/mol. The van der Waals surface area contributed by atoms with E-state index >= 15 is 0 Å². The Kier molecular flexibility index (Phi) is 11.5. The van der Waals surface area contributed by atoms with Gasteiger partial charge in [-0.2, -0.15) is 0 Å². The van der Waals surface area contributed by atoms with Crippen molar-refractivity contribution in [3.8, 4) is 45.4 Å². The molecule has 5 rings (SSSR count). The lowest BCUT2D eigenvalue weighted by Gasteiger charge is -2.15. The zero-order valence-electron chi connectivity index (χ0n) is 25.1. The van der Waals surface area contributed by atoms with Crippen LogP contribution in [0.25, 0.3) is 33.6 Å². The van der Waals surface area contributed by atoms with Gasteiger partial charge < -0.3 is 30.0 Å². The first-order chi connectivity index (χ1) is 21.9. The number of hydrogen-bond donors (Lipinski definition) is 4. The zero-order valence-corrected chi connectivity index (χ0v) is 27.4. The van der Waals surface area contributed by atoms with Crippen molar-refractivity contribution in [3.63, 3.8) is 0 Å². The van der Waals surface area contributed by atoms with Gasteiger partial charge in [-0.05, 0) is 24.9 Å². The summed E-state index contributed by atoms with van der Waals surface area (Å²) in [5.74, 6) is 1.40. The summed E-state index contributed by atoms with van der Waals surface area (Å²) in [6, 6.07) is 11.8. The molecule has 0 spiro atoms. The van der Waals surface area contributed by atoms with Gasteiger partial charge in [-0.25, -0.2) is 9.97 Å². The van der Waals surface area contributed by atoms with Gasteiger partial charge in [0.15, 0.2) is 0 Å². The predicted octanol–water partition coefficient (Wildman–Crippen LogP) is 6.24. The Bertz CT molecular complexity index is 1660. The molecule has 1 aliphatic heterocycles. The maximum atomic E-state index is 8.93. The molecule has 1 aliphatic rings. The Labute approximate surface area is 277 Å². The third-order valence-electron chi connectivity index (χ3n) is 7.40. The first kappa shape index (κ1) is 32.9. The van der Waals surface area contributed by atoms with Gasteiger partial charge in [0, 0.05) is 65.9 Å². The van der Waals surface area contributed by atoms with Gasteiger partial charge in [0.25, 0.3) is 0 Å². The normalized spacial score (nSPS) is 14.4. The van der Waals surface area contributed by atoms with Crippen molar-refractivity contribution in [3.05, 3.63) is 82.5 Å². The van der Waals surface area contributed by atoms with Gasteiger partial charge >= 0.3 is 0 Å². The average molecular weight is 669 g/mol. The van der Waals surface area contributed by atoms with Crippen LogP contribution in [0.3, 0.4) is 0 Å². The number of ether oxygens (including phenoxy) is 2. The molecule has 0 saturated carbocycles. The summed E-state index contributed by atoms with van der Waals surface area (Å²) in [5.41, 5.74) is 6.46. The van der Waals surface area contributed by atoms with Gasteiger partial charge in [0.05, 0.1) is 48.0 Å². The average Bonchev–Trinajstić information content (AvgIpc) is 3.48. The highest BCUT2D eigenvalue weighted by molar-refractivity contribution is 7.93. The van der Waals surface area contributed by atoms with Crippen molar-refractivity contribution in [2.45, 2.75) is 32.0 Å². The highest BCUT2D eigenvalue weighted by Crippen LogP contribution is 2.42. The molecule has 2 aromatic carbocycles. The smallest absolute Gasteiger partial charge is 0.237 e. The molecule has 0 radical (unpaired) electrons. The summed E-state index contributed by atoms with van der Waals surface area (Å²) >= 11 is 14.8. The number of benzene rings is 2. The van der Waals surface area contributed by atoms with Crippen LogP contribution in [0.1, 0.15) is 24.2 Å². The number of rotatable bonds is 14. The van der Waals surface area contributed by atoms with E-state index in [1.807, 2.05) is 36.4 Å². The number of allylic oxidation sites excluding steroid dienone is 1. The second-order valence-electron chi connectivity index (χ2n) is 10.4. The Morgan fingerprint density at radius 1 is 0.889 bits per heavy atom.